The molecule has 5 unspecified atom stereocenters. The van der Waals surface area contributed by atoms with Crippen LogP contribution >= 0.6 is 0 Å². The minimum absolute atomic E-state index is 0.0498. The number of hydrogen-bond donors (Lipinski definition) is 2. The van der Waals surface area contributed by atoms with Gasteiger partial charge in [0.05, 0.1) is 12.0 Å². The van der Waals surface area contributed by atoms with Crippen LogP contribution in [0.1, 0.15) is 47.0 Å². The molecule has 6 nitrogen and oxygen atoms in total. The van der Waals surface area contributed by atoms with Gasteiger partial charge >= 0.3 is 0 Å². The van der Waals surface area contributed by atoms with Crippen molar-refractivity contribution in [2.75, 3.05) is 6.61 Å². The molecule has 1 heterocycles. The van der Waals surface area contributed by atoms with Gasteiger partial charge in [0.25, 0.3) is 0 Å². The Bertz CT molecular complexity index is 764. The number of rotatable bonds is 2. The fourth-order valence-electron chi connectivity index (χ4n) is 5.70. The molecule has 0 bridgehead atoms. The Balaban J connectivity index is 1.94. The fraction of sp³-hybridized carbons (Fsp3) is 0.700. The molecule has 1 aliphatic heterocycles. The van der Waals surface area contributed by atoms with Crippen molar-refractivity contribution in [3.63, 3.8) is 0 Å². The van der Waals surface area contributed by atoms with Crippen molar-refractivity contribution in [3.05, 3.63) is 22.8 Å². The Hall–Kier alpha value is -1.34. The molecule has 4 aliphatic rings. The Morgan fingerprint density at radius 2 is 2.00 bits per heavy atom. The molecule has 0 aromatic carbocycles. The summed E-state index contributed by atoms with van der Waals surface area (Å²) in [6.07, 6.45) is 2.03. The number of carbonyl (C=O) groups excluding carboxylic acids is 2. The van der Waals surface area contributed by atoms with Crippen molar-refractivity contribution in [1.29, 1.82) is 0 Å². The minimum atomic E-state index is -1.80. The fourth-order valence-corrected chi connectivity index (χ4v) is 5.70. The highest BCUT2D eigenvalue weighted by molar-refractivity contribution is 6.11. The highest BCUT2D eigenvalue weighted by Gasteiger charge is 2.68. The molecule has 5 atom stereocenters. The van der Waals surface area contributed by atoms with E-state index in [0.717, 1.165) is 0 Å². The lowest BCUT2D eigenvalue weighted by Crippen LogP contribution is -2.66. The van der Waals surface area contributed by atoms with Gasteiger partial charge in [0, 0.05) is 28.6 Å². The average Bonchev–Trinajstić information content (AvgIpc) is 2.58. The van der Waals surface area contributed by atoms with Crippen molar-refractivity contribution in [1.82, 2.24) is 0 Å². The highest BCUT2D eigenvalue weighted by Crippen LogP contribution is 2.64. The number of allylic oxidation sites excluding steroid dienone is 2. The third kappa shape index (κ3) is 1.96. The van der Waals surface area contributed by atoms with Crippen LogP contribution < -0.4 is 0 Å². The lowest BCUT2D eigenvalue weighted by molar-refractivity contribution is -0.453. The Morgan fingerprint density at radius 1 is 1.31 bits per heavy atom. The first-order chi connectivity index (χ1) is 12.1. The zero-order valence-corrected chi connectivity index (χ0v) is 15.7. The molecular weight excluding hydrogens is 336 g/mol. The van der Waals surface area contributed by atoms with Crippen LogP contribution in [0.25, 0.3) is 0 Å². The van der Waals surface area contributed by atoms with E-state index in [9.17, 15) is 19.8 Å². The predicted molar refractivity (Wildman–Crippen MR) is 91.5 cm³/mol. The number of carbonyl (C=O) groups is 2. The number of aliphatic hydroxyl groups excluding tert-OH is 1. The molecule has 0 spiro atoms. The van der Waals surface area contributed by atoms with Gasteiger partial charge in [-0.15, -0.1) is 0 Å². The second-order valence-corrected chi connectivity index (χ2v) is 8.88. The highest BCUT2D eigenvalue weighted by atomic mass is 17.2. The molecule has 142 valence electrons. The van der Waals surface area contributed by atoms with Gasteiger partial charge in [0.1, 0.15) is 11.9 Å². The van der Waals surface area contributed by atoms with E-state index in [2.05, 4.69) is 0 Å². The summed E-state index contributed by atoms with van der Waals surface area (Å²) in [6.45, 7) is 7.26. The third-order valence-electron chi connectivity index (χ3n) is 7.18. The van der Waals surface area contributed by atoms with Crippen LogP contribution in [0.15, 0.2) is 22.8 Å². The van der Waals surface area contributed by atoms with E-state index in [4.69, 9.17) is 9.78 Å². The van der Waals surface area contributed by atoms with Gasteiger partial charge in [-0.25, -0.2) is 4.89 Å². The SMILES string of the molecule is CC(C)C1=CC2(O)OOC3CC(=O)C(C)(CO)C4CCC(=C2C34C)C1=O. The number of hydrogen-bond acceptors (Lipinski definition) is 6. The van der Waals surface area contributed by atoms with Crippen LogP contribution in [0.3, 0.4) is 0 Å². The molecular formula is C20H26O6. The van der Waals surface area contributed by atoms with E-state index in [0.29, 0.717) is 29.6 Å². The van der Waals surface area contributed by atoms with E-state index in [-0.39, 0.29) is 36.4 Å². The van der Waals surface area contributed by atoms with E-state index >= 15 is 0 Å². The zero-order valence-electron chi connectivity index (χ0n) is 15.7. The van der Waals surface area contributed by atoms with Gasteiger partial charge in [-0.05, 0) is 30.8 Å². The van der Waals surface area contributed by atoms with Crippen LogP contribution in [-0.4, -0.2) is 40.3 Å². The molecule has 0 aromatic heterocycles. The number of Topliss-reactive ketones (excluding diaryl/α,β-unsaturated/α-hetero) is 2. The second-order valence-electron chi connectivity index (χ2n) is 8.88. The lowest BCUT2D eigenvalue weighted by Gasteiger charge is -2.61. The maximum absolute atomic E-state index is 13.1. The van der Waals surface area contributed by atoms with Crippen LogP contribution in [0.4, 0.5) is 0 Å². The Morgan fingerprint density at radius 3 is 2.62 bits per heavy atom. The molecule has 0 radical (unpaired) electrons. The molecule has 0 amide bonds. The van der Waals surface area contributed by atoms with Gasteiger partial charge in [-0.1, -0.05) is 27.7 Å². The Labute approximate surface area is 152 Å². The quantitative estimate of drug-likeness (QED) is 0.729. The first-order valence-electron chi connectivity index (χ1n) is 9.32. The van der Waals surface area contributed by atoms with Crippen molar-refractivity contribution in [2.24, 2.45) is 22.7 Å². The van der Waals surface area contributed by atoms with Crippen molar-refractivity contribution >= 4 is 11.6 Å². The van der Waals surface area contributed by atoms with E-state index in [1.807, 2.05) is 20.8 Å². The summed E-state index contributed by atoms with van der Waals surface area (Å²) in [4.78, 5) is 36.7. The van der Waals surface area contributed by atoms with Crippen LogP contribution in [0.2, 0.25) is 0 Å². The third-order valence-corrected chi connectivity index (χ3v) is 7.18. The average molecular weight is 362 g/mol. The maximum Gasteiger partial charge on any atom is 0.242 e. The van der Waals surface area contributed by atoms with Crippen LogP contribution in [0.5, 0.6) is 0 Å². The topological polar surface area (TPSA) is 93.1 Å². The molecule has 2 fully saturated rings. The summed E-state index contributed by atoms with van der Waals surface area (Å²) in [6, 6.07) is 0. The molecule has 4 rings (SSSR count). The van der Waals surface area contributed by atoms with Crippen molar-refractivity contribution in [3.8, 4) is 0 Å². The van der Waals surface area contributed by atoms with Crippen LogP contribution in [0, 0.1) is 22.7 Å². The lowest BCUT2D eigenvalue weighted by atomic mass is 9.46. The van der Waals surface area contributed by atoms with Gasteiger partial charge in [0.2, 0.25) is 5.79 Å². The Kier molecular flexibility index (Phi) is 3.71. The minimum Gasteiger partial charge on any atom is -0.395 e. The normalized spacial score (nSPS) is 45.0. The molecule has 1 saturated carbocycles. The summed E-state index contributed by atoms with van der Waals surface area (Å²) in [5.74, 6) is -2.20. The molecule has 2 N–H and O–H groups in total. The number of aliphatic hydroxyl groups is 2. The first kappa shape index (κ1) is 18.0. The largest absolute Gasteiger partial charge is 0.395 e. The van der Waals surface area contributed by atoms with Crippen molar-refractivity contribution in [2.45, 2.75) is 58.8 Å². The first-order valence-corrected chi connectivity index (χ1v) is 9.32. The summed E-state index contributed by atoms with van der Waals surface area (Å²) in [5.41, 5.74) is -0.0384. The van der Waals surface area contributed by atoms with Gasteiger partial charge in [-0.2, -0.15) is 4.89 Å². The molecule has 3 aliphatic carbocycles. The second kappa shape index (κ2) is 5.35. The zero-order chi connectivity index (χ0) is 19.1. The van der Waals surface area contributed by atoms with Gasteiger partial charge in [0.15, 0.2) is 5.78 Å². The monoisotopic (exact) mass is 362 g/mol. The van der Waals surface area contributed by atoms with E-state index < -0.39 is 22.7 Å². The molecule has 26 heavy (non-hydrogen) atoms. The smallest absolute Gasteiger partial charge is 0.242 e. The predicted octanol–water partition coefficient (Wildman–Crippen LogP) is 1.85. The summed E-state index contributed by atoms with van der Waals surface area (Å²) in [7, 11) is 0. The molecule has 6 heteroatoms. The van der Waals surface area contributed by atoms with E-state index in [1.165, 1.54) is 6.08 Å². The maximum atomic E-state index is 13.1. The molecule has 0 aromatic rings. The molecule has 1 saturated heterocycles. The summed E-state index contributed by atoms with van der Waals surface area (Å²) < 4.78 is 0. The summed E-state index contributed by atoms with van der Waals surface area (Å²) in [5, 5.41) is 21.3. The standard InChI is InChI=1S/C20H26O6/c1-10(2)12-8-20(24)17-11(16(12)23)5-6-13-18(3,9-21)14(22)7-15(25-26-20)19(13,17)4/h8,10,13,15,21,24H,5-7,9H2,1-4H3. The van der Waals surface area contributed by atoms with Gasteiger partial charge in [-0.3, -0.25) is 9.59 Å². The number of ketones is 2. The summed E-state index contributed by atoms with van der Waals surface area (Å²) >= 11 is 0. The van der Waals surface area contributed by atoms with E-state index in [1.54, 1.807) is 6.92 Å². The van der Waals surface area contributed by atoms with Crippen molar-refractivity contribution < 1.29 is 29.6 Å². The van der Waals surface area contributed by atoms with Crippen LogP contribution in [-0.2, 0) is 19.4 Å². The van der Waals surface area contributed by atoms with Gasteiger partial charge < -0.3 is 10.2 Å².